The quantitative estimate of drug-likeness (QED) is 0.861. The lowest BCUT2D eigenvalue weighted by molar-refractivity contribution is 0.0945. The lowest BCUT2D eigenvalue weighted by atomic mass is 10.2. The fourth-order valence-electron chi connectivity index (χ4n) is 1.72. The Balaban J connectivity index is 1.88. The first-order chi connectivity index (χ1) is 10.5. The third-order valence-electron chi connectivity index (χ3n) is 2.94. The van der Waals surface area contributed by atoms with Crippen LogP contribution in [0.5, 0.6) is 0 Å². The van der Waals surface area contributed by atoms with Crippen LogP contribution in [0.25, 0.3) is 0 Å². The van der Waals surface area contributed by atoms with Gasteiger partial charge in [-0.15, -0.1) is 0 Å². The third-order valence-corrected chi connectivity index (χ3v) is 2.94. The number of nitrogens with zero attached hydrogens (tertiary/aromatic N) is 2. The number of nitrogens with one attached hydrogen (secondary N) is 2. The van der Waals surface area contributed by atoms with E-state index < -0.39 is 0 Å². The minimum Gasteiger partial charge on any atom is -0.369 e. The summed E-state index contributed by atoms with van der Waals surface area (Å²) in [7, 11) is 0. The number of rotatable bonds is 6. The van der Waals surface area contributed by atoms with E-state index in [2.05, 4.69) is 34.4 Å². The zero-order valence-corrected chi connectivity index (χ0v) is 12.6. The van der Waals surface area contributed by atoms with Gasteiger partial charge in [0.1, 0.15) is 17.3 Å². The maximum Gasteiger partial charge on any atom is 0.271 e. The maximum absolute atomic E-state index is 12.8. The van der Waals surface area contributed by atoms with Gasteiger partial charge in [0.25, 0.3) is 5.91 Å². The van der Waals surface area contributed by atoms with Gasteiger partial charge < -0.3 is 10.6 Å². The van der Waals surface area contributed by atoms with E-state index in [4.69, 9.17) is 0 Å². The number of aromatic nitrogens is 2. The molecule has 2 N–H and O–H groups in total. The first-order valence-electron chi connectivity index (χ1n) is 7.13. The van der Waals surface area contributed by atoms with Gasteiger partial charge in [0.05, 0.1) is 12.4 Å². The van der Waals surface area contributed by atoms with Crippen LogP contribution in [0.2, 0.25) is 0 Å². The van der Waals surface area contributed by atoms with E-state index in [1.165, 1.54) is 24.5 Å². The molecule has 0 aliphatic heterocycles. The van der Waals surface area contributed by atoms with Gasteiger partial charge in [-0.2, -0.15) is 0 Å². The number of benzene rings is 1. The van der Waals surface area contributed by atoms with Crippen molar-refractivity contribution in [2.24, 2.45) is 5.92 Å². The number of amides is 1. The molecule has 0 spiro atoms. The molecular weight excluding hydrogens is 283 g/mol. The molecule has 0 unspecified atom stereocenters. The number of anilines is 1. The second-order valence-electron chi connectivity index (χ2n) is 5.37. The van der Waals surface area contributed by atoms with Crippen LogP contribution in [-0.2, 0) is 6.54 Å². The highest BCUT2D eigenvalue weighted by molar-refractivity contribution is 5.91. The second kappa shape index (κ2) is 7.49. The average molecular weight is 302 g/mol. The molecule has 0 aliphatic carbocycles. The Morgan fingerprint density at radius 2 is 1.91 bits per heavy atom. The second-order valence-corrected chi connectivity index (χ2v) is 5.37. The van der Waals surface area contributed by atoms with E-state index in [1.54, 1.807) is 12.1 Å². The van der Waals surface area contributed by atoms with E-state index in [-0.39, 0.29) is 17.4 Å². The largest absolute Gasteiger partial charge is 0.369 e. The minimum absolute atomic E-state index is 0.247. The van der Waals surface area contributed by atoms with Crippen LogP contribution in [-0.4, -0.2) is 22.4 Å². The summed E-state index contributed by atoms with van der Waals surface area (Å²) in [6.07, 6.45) is 2.97. The van der Waals surface area contributed by atoms with Gasteiger partial charge in [-0.3, -0.25) is 4.79 Å². The van der Waals surface area contributed by atoms with Crippen molar-refractivity contribution in [1.82, 2.24) is 15.3 Å². The molecule has 0 fully saturated rings. The molecule has 22 heavy (non-hydrogen) atoms. The third kappa shape index (κ3) is 4.80. The predicted molar refractivity (Wildman–Crippen MR) is 82.9 cm³/mol. The van der Waals surface area contributed by atoms with Crippen LogP contribution in [0.15, 0.2) is 36.7 Å². The molecule has 1 amide bonds. The average Bonchev–Trinajstić information content (AvgIpc) is 2.52. The van der Waals surface area contributed by atoms with Crippen molar-refractivity contribution in [2.75, 3.05) is 11.9 Å². The summed E-state index contributed by atoms with van der Waals surface area (Å²) in [5.74, 6) is 0.530. The molecule has 116 valence electrons. The van der Waals surface area contributed by atoms with E-state index in [1.807, 2.05) is 0 Å². The summed E-state index contributed by atoms with van der Waals surface area (Å²) in [4.78, 5) is 20.2. The topological polar surface area (TPSA) is 66.9 Å². The number of halogens is 1. The molecule has 1 aromatic carbocycles. The van der Waals surface area contributed by atoms with Gasteiger partial charge >= 0.3 is 0 Å². The zero-order chi connectivity index (χ0) is 15.9. The summed E-state index contributed by atoms with van der Waals surface area (Å²) in [6, 6.07) is 5.97. The van der Waals surface area contributed by atoms with Crippen LogP contribution in [0.4, 0.5) is 10.2 Å². The fraction of sp³-hybridized carbons (Fsp3) is 0.312. The summed E-state index contributed by atoms with van der Waals surface area (Å²) in [5, 5.41) is 5.85. The van der Waals surface area contributed by atoms with Gasteiger partial charge in [-0.05, 0) is 23.6 Å². The van der Waals surface area contributed by atoms with Gasteiger partial charge in [-0.25, -0.2) is 14.4 Å². The summed E-state index contributed by atoms with van der Waals surface area (Å²) >= 11 is 0. The summed E-state index contributed by atoms with van der Waals surface area (Å²) < 4.78 is 12.8. The standard InChI is InChI=1S/C16H19FN4O/c1-11(2)7-19-15-10-18-14(9-20-15)16(22)21-8-12-3-5-13(17)6-4-12/h3-6,9-11H,7-8H2,1-2H3,(H,19,20)(H,21,22). The van der Waals surface area contributed by atoms with Crippen molar-refractivity contribution < 1.29 is 9.18 Å². The van der Waals surface area contributed by atoms with Crippen LogP contribution >= 0.6 is 0 Å². The number of hydrogen-bond acceptors (Lipinski definition) is 4. The smallest absolute Gasteiger partial charge is 0.271 e. The molecule has 0 radical (unpaired) electrons. The lowest BCUT2D eigenvalue weighted by Gasteiger charge is -2.08. The minimum atomic E-state index is -0.313. The highest BCUT2D eigenvalue weighted by Crippen LogP contribution is 2.05. The fourth-order valence-corrected chi connectivity index (χ4v) is 1.72. The van der Waals surface area contributed by atoms with Crippen LogP contribution in [0.1, 0.15) is 29.9 Å². The Labute approximate surface area is 129 Å². The zero-order valence-electron chi connectivity index (χ0n) is 12.6. The molecule has 0 saturated carbocycles. The summed E-state index contributed by atoms with van der Waals surface area (Å²) in [6.45, 7) is 5.30. The van der Waals surface area contributed by atoms with E-state index in [0.29, 0.717) is 18.3 Å². The molecule has 2 rings (SSSR count). The van der Waals surface area contributed by atoms with Crippen molar-refractivity contribution in [2.45, 2.75) is 20.4 Å². The maximum atomic E-state index is 12.8. The molecule has 2 aromatic rings. The van der Waals surface area contributed by atoms with Crippen LogP contribution in [0, 0.1) is 11.7 Å². The van der Waals surface area contributed by atoms with Gasteiger partial charge in [0.15, 0.2) is 0 Å². The Morgan fingerprint density at radius 3 is 2.50 bits per heavy atom. The molecule has 1 heterocycles. The first-order valence-corrected chi connectivity index (χ1v) is 7.13. The van der Waals surface area contributed by atoms with Gasteiger partial charge in [-0.1, -0.05) is 26.0 Å². The van der Waals surface area contributed by atoms with Gasteiger partial charge in [0.2, 0.25) is 0 Å². The number of carbonyl (C=O) groups is 1. The predicted octanol–water partition coefficient (Wildman–Crippen LogP) is 2.61. The van der Waals surface area contributed by atoms with Crippen molar-refractivity contribution in [1.29, 1.82) is 0 Å². The molecule has 0 saturated heterocycles. The van der Waals surface area contributed by atoms with Crippen molar-refractivity contribution in [3.63, 3.8) is 0 Å². The van der Waals surface area contributed by atoms with Crippen molar-refractivity contribution in [3.8, 4) is 0 Å². The van der Waals surface area contributed by atoms with Crippen molar-refractivity contribution >= 4 is 11.7 Å². The number of hydrogen-bond donors (Lipinski definition) is 2. The molecule has 0 aliphatic rings. The molecule has 6 heteroatoms. The molecule has 0 bridgehead atoms. The molecule has 0 atom stereocenters. The van der Waals surface area contributed by atoms with E-state index in [0.717, 1.165) is 12.1 Å². The highest BCUT2D eigenvalue weighted by Gasteiger charge is 2.08. The Morgan fingerprint density at radius 1 is 1.18 bits per heavy atom. The van der Waals surface area contributed by atoms with Crippen molar-refractivity contribution in [3.05, 3.63) is 53.7 Å². The molecule has 1 aromatic heterocycles. The Kier molecular flexibility index (Phi) is 5.41. The monoisotopic (exact) mass is 302 g/mol. The number of carbonyl (C=O) groups excluding carboxylic acids is 1. The Hall–Kier alpha value is -2.50. The molecule has 5 nitrogen and oxygen atoms in total. The first kappa shape index (κ1) is 15.9. The van der Waals surface area contributed by atoms with E-state index >= 15 is 0 Å². The summed E-state index contributed by atoms with van der Waals surface area (Å²) in [5.41, 5.74) is 1.06. The van der Waals surface area contributed by atoms with Crippen LogP contribution in [0.3, 0.4) is 0 Å². The normalized spacial score (nSPS) is 10.5. The SMILES string of the molecule is CC(C)CNc1cnc(C(=O)NCc2ccc(F)cc2)cn1. The van der Waals surface area contributed by atoms with E-state index in [9.17, 15) is 9.18 Å². The van der Waals surface area contributed by atoms with Gasteiger partial charge in [0, 0.05) is 13.1 Å². The highest BCUT2D eigenvalue weighted by atomic mass is 19.1. The Bertz CT molecular complexity index is 611. The lowest BCUT2D eigenvalue weighted by Crippen LogP contribution is -2.24. The van der Waals surface area contributed by atoms with Crippen LogP contribution < -0.4 is 10.6 Å². The molecular formula is C16H19FN4O.